The van der Waals surface area contributed by atoms with E-state index in [2.05, 4.69) is 13.8 Å². The van der Waals surface area contributed by atoms with Gasteiger partial charge in [-0.15, -0.1) is 0 Å². The second-order valence-corrected chi connectivity index (χ2v) is 8.98. The lowest BCUT2D eigenvalue weighted by Gasteiger charge is -2.37. The number of benzene rings is 1. The number of amides is 1. The molecule has 0 radical (unpaired) electrons. The first-order valence-electron chi connectivity index (χ1n) is 6.64. The van der Waals surface area contributed by atoms with Crippen molar-refractivity contribution in [1.82, 2.24) is 4.90 Å². The zero-order valence-corrected chi connectivity index (χ0v) is 14.2. The average Bonchev–Trinajstić information content (AvgIpc) is 2.37. The highest BCUT2D eigenvalue weighted by atomic mass is 35.7. The number of hydrogen-bond donors (Lipinski definition) is 0. The fraction of sp³-hybridized carbons (Fsp3) is 0.500. The molecule has 1 aromatic rings. The third-order valence-corrected chi connectivity index (χ3v) is 5.65. The van der Waals surface area contributed by atoms with Crippen LogP contribution in [0.25, 0.3) is 0 Å². The number of likely N-dealkylation sites (tertiary alicyclic amines) is 1. The molecule has 1 amide bonds. The van der Waals surface area contributed by atoms with Gasteiger partial charge in [0.05, 0.1) is 5.02 Å². The Morgan fingerprint density at radius 2 is 1.81 bits per heavy atom. The number of rotatable bonds is 2. The monoisotopic (exact) mass is 349 g/mol. The van der Waals surface area contributed by atoms with Crippen LogP contribution in [-0.4, -0.2) is 32.3 Å². The quantitative estimate of drug-likeness (QED) is 0.767. The molecule has 7 heteroatoms. The van der Waals surface area contributed by atoms with Crippen LogP contribution >= 0.6 is 22.3 Å². The molecule has 1 heterocycles. The summed E-state index contributed by atoms with van der Waals surface area (Å²) in [7, 11) is 1.36. The molecular weight excluding hydrogens is 333 g/mol. The predicted molar refractivity (Wildman–Crippen MR) is 83.4 cm³/mol. The third kappa shape index (κ3) is 3.90. The van der Waals surface area contributed by atoms with Gasteiger partial charge in [-0.25, -0.2) is 8.42 Å². The molecule has 0 aliphatic carbocycles. The molecule has 0 bridgehead atoms. The highest BCUT2D eigenvalue weighted by molar-refractivity contribution is 8.13. The van der Waals surface area contributed by atoms with E-state index in [-0.39, 0.29) is 21.2 Å². The number of carbonyl (C=O) groups is 1. The number of piperidine rings is 1. The Balaban J connectivity index is 2.25. The van der Waals surface area contributed by atoms with Crippen molar-refractivity contribution in [2.75, 3.05) is 13.1 Å². The molecule has 21 heavy (non-hydrogen) atoms. The molecule has 0 N–H and O–H groups in total. The molecule has 0 spiro atoms. The van der Waals surface area contributed by atoms with E-state index in [1.54, 1.807) is 4.90 Å². The van der Waals surface area contributed by atoms with Gasteiger partial charge in [-0.05, 0) is 36.5 Å². The van der Waals surface area contributed by atoms with Gasteiger partial charge in [0.15, 0.2) is 0 Å². The average molecular weight is 350 g/mol. The lowest BCUT2D eigenvalue weighted by atomic mass is 9.82. The Hall–Kier alpha value is -0.780. The summed E-state index contributed by atoms with van der Waals surface area (Å²) >= 11 is 5.82. The summed E-state index contributed by atoms with van der Waals surface area (Å²) in [6.07, 6.45) is 1.85. The minimum Gasteiger partial charge on any atom is -0.339 e. The molecule has 1 fully saturated rings. The maximum atomic E-state index is 12.4. The molecule has 116 valence electrons. The Kier molecular flexibility index (Phi) is 4.57. The maximum Gasteiger partial charge on any atom is 0.262 e. The lowest BCUT2D eigenvalue weighted by Crippen LogP contribution is -2.41. The predicted octanol–water partition coefficient (Wildman–Crippen LogP) is 3.53. The molecule has 1 aliphatic heterocycles. The molecule has 0 atom stereocenters. The minimum absolute atomic E-state index is 0.0151. The second-order valence-electron chi connectivity index (χ2n) is 6.04. The summed E-state index contributed by atoms with van der Waals surface area (Å²) in [5, 5.41) is 0.0151. The third-order valence-electron chi connectivity index (χ3n) is 3.85. The number of hydrogen-bond acceptors (Lipinski definition) is 3. The first-order valence-corrected chi connectivity index (χ1v) is 9.32. The van der Waals surface area contributed by atoms with Gasteiger partial charge in [0, 0.05) is 29.3 Å². The standard InChI is InChI=1S/C14H17Cl2NO3S/c1-14(2)5-7-17(8-6-14)13(18)10-3-4-11(15)12(9-10)21(16,19)20/h3-4,9H,5-8H2,1-2H3. The zero-order chi connectivity index (χ0) is 15.8. The molecule has 4 nitrogen and oxygen atoms in total. The molecule has 2 rings (SSSR count). The molecule has 1 aromatic carbocycles. The Morgan fingerprint density at radius 3 is 2.33 bits per heavy atom. The zero-order valence-electron chi connectivity index (χ0n) is 11.9. The summed E-state index contributed by atoms with van der Waals surface area (Å²) in [5.74, 6) is -0.191. The van der Waals surface area contributed by atoms with Gasteiger partial charge in [-0.3, -0.25) is 4.79 Å². The number of nitrogens with zero attached hydrogens (tertiary/aromatic N) is 1. The van der Waals surface area contributed by atoms with Crippen molar-refractivity contribution in [3.05, 3.63) is 28.8 Å². The normalized spacial score (nSPS) is 18.6. The van der Waals surface area contributed by atoms with Crippen molar-refractivity contribution >= 4 is 37.2 Å². The molecule has 0 aromatic heterocycles. The van der Waals surface area contributed by atoms with Crippen molar-refractivity contribution < 1.29 is 13.2 Å². The first kappa shape index (κ1) is 16.6. The van der Waals surface area contributed by atoms with E-state index in [0.29, 0.717) is 18.7 Å². The fourth-order valence-electron chi connectivity index (χ4n) is 2.32. The van der Waals surface area contributed by atoms with Gasteiger partial charge in [0.2, 0.25) is 0 Å². The van der Waals surface area contributed by atoms with E-state index >= 15 is 0 Å². The van der Waals surface area contributed by atoms with E-state index in [1.807, 2.05) is 0 Å². The van der Waals surface area contributed by atoms with Gasteiger partial charge in [0.25, 0.3) is 15.0 Å². The van der Waals surface area contributed by atoms with Crippen molar-refractivity contribution in [3.8, 4) is 0 Å². The van der Waals surface area contributed by atoms with E-state index in [9.17, 15) is 13.2 Å². The van der Waals surface area contributed by atoms with E-state index in [4.69, 9.17) is 22.3 Å². The van der Waals surface area contributed by atoms with Crippen molar-refractivity contribution in [1.29, 1.82) is 0 Å². The molecule has 0 unspecified atom stereocenters. The van der Waals surface area contributed by atoms with Gasteiger partial charge in [-0.1, -0.05) is 25.4 Å². The van der Waals surface area contributed by atoms with Gasteiger partial charge in [0.1, 0.15) is 4.90 Å². The smallest absolute Gasteiger partial charge is 0.262 e. The summed E-state index contributed by atoms with van der Waals surface area (Å²) in [6, 6.07) is 4.15. The Labute approximate surface area is 134 Å². The molecular formula is C14H17Cl2NO3S. The fourth-order valence-corrected chi connectivity index (χ4v) is 3.81. The molecule has 1 aliphatic rings. The summed E-state index contributed by atoms with van der Waals surface area (Å²) in [5.41, 5.74) is 0.528. The van der Waals surface area contributed by atoms with Crippen LogP contribution in [0.4, 0.5) is 0 Å². The highest BCUT2D eigenvalue weighted by Crippen LogP contribution is 2.31. The van der Waals surface area contributed by atoms with Crippen LogP contribution in [0.1, 0.15) is 37.0 Å². The van der Waals surface area contributed by atoms with Gasteiger partial charge in [-0.2, -0.15) is 0 Å². The molecule has 0 saturated carbocycles. The van der Waals surface area contributed by atoms with E-state index in [0.717, 1.165) is 12.8 Å². The largest absolute Gasteiger partial charge is 0.339 e. The van der Waals surface area contributed by atoms with Crippen molar-refractivity contribution in [3.63, 3.8) is 0 Å². The van der Waals surface area contributed by atoms with E-state index < -0.39 is 9.05 Å². The van der Waals surface area contributed by atoms with E-state index in [1.165, 1.54) is 18.2 Å². The second kappa shape index (κ2) is 5.78. The van der Waals surface area contributed by atoms with Crippen LogP contribution in [0.5, 0.6) is 0 Å². The van der Waals surface area contributed by atoms with Crippen LogP contribution in [0.3, 0.4) is 0 Å². The Morgan fingerprint density at radius 1 is 1.24 bits per heavy atom. The number of carbonyl (C=O) groups excluding carboxylic acids is 1. The van der Waals surface area contributed by atoms with Gasteiger partial charge < -0.3 is 4.90 Å². The topological polar surface area (TPSA) is 54.5 Å². The summed E-state index contributed by atoms with van der Waals surface area (Å²) < 4.78 is 22.9. The van der Waals surface area contributed by atoms with Crippen LogP contribution in [-0.2, 0) is 9.05 Å². The highest BCUT2D eigenvalue weighted by Gasteiger charge is 2.29. The van der Waals surface area contributed by atoms with Crippen LogP contribution in [0.15, 0.2) is 23.1 Å². The first-order chi connectivity index (χ1) is 9.60. The summed E-state index contributed by atoms with van der Waals surface area (Å²) in [4.78, 5) is 14.0. The number of halogens is 2. The van der Waals surface area contributed by atoms with Crippen LogP contribution in [0, 0.1) is 5.41 Å². The lowest BCUT2D eigenvalue weighted by molar-refractivity contribution is 0.0630. The van der Waals surface area contributed by atoms with Crippen molar-refractivity contribution in [2.24, 2.45) is 5.41 Å². The van der Waals surface area contributed by atoms with Crippen LogP contribution in [0.2, 0.25) is 5.02 Å². The van der Waals surface area contributed by atoms with Crippen molar-refractivity contribution in [2.45, 2.75) is 31.6 Å². The minimum atomic E-state index is -3.97. The maximum absolute atomic E-state index is 12.4. The molecule has 1 saturated heterocycles. The summed E-state index contributed by atoms with van der Waals surface area (Å²) in [6.45, 7) is 5.68. The Bertz CT molecular complexity index is 661. The SMILES string of the molecule is CC1(C)CCN(C(=O)c2ccc(Cl)c(S(=O)(=O)Cl)c2)CC1. The van der Waals surface area contributed by atoms with Crippen LogP contribution < -0.4 is 0 Å². The van der Waals surface area contributed by atoms with Gasteiger partial charge >= 0.3 is 0 Å².